The molecule has 1 aliphatic rings. The van der Waals surface area contributed by atoms with Gasteiger partial charge >= 0.3 is 0 Å². The van der Waals surface area contributed by atoms with Crippen molar-refractivity contribution < 1.29 is 9.53 Å². The minimum Gasteiger partial charge on any atom is -0.492 e. The van der Waals surface area contributed by atoms with E-state index in [1.54, 1.807) is 0 Å². The maximum absolute atomic E-state index is 11.9. The Hall–Kier alpha value is -2.34. The molecular formula is C18H24N4O2. The van der Waals surface area contributed by atoms with E-state index in [0.717, 1.165) is 30.1 Å². The third-order valence-electron chi connectivity index (χ3n) is 4.85. The molecule has 0 bridgehead atoms. The van der Waals surface area contributed by atoms with Gasteiger partial charge in [-0.3, -0.25) is 14.4 Å². The summed E-state index contributed by atoms with van der Waals surface area (Å²) >= 11 is 0. The van der Waals surface area contributed by atoms with Crippen LogP contribution in [0.2, 0.25) is 0 Å². The van der Waals surface area contributed by atoms with Crippen LogP contribution in [0.15, 0.2) is 36.5 Å². The van der Waals surface area contributed by atoms with Gasteiger partial charge in [0.05, 0.1) is 12.1 Å². The highest BCUT2D eigenvalue weighted by molar-refractivity contribution is 5.78. The molecule has 1 fully saturated rings. The zero-order chi connectivity index (χ0) is 17.1. The number of primary amides is 1. The molecule has 1 aromatic heterocycles. The van der Waals surface area contributed by atoms with Gasteiger partial charge in [0.1, 0.15) is 12.4 Å². The van der Waals surface area contributed by atoms with E-state index in [0.29, 0.717) is 13.2 Å². The minimum atomic E-state index is -0.241. The first kappa shape index (κ1) is 16.5. The molecule has 0 aliphatic carbocycles. The van der Waals surface area contributed by atoms with Gasteiger partial charge in [0.25, 0.3) is 0 Å². The molecule has 2 heterocycles. The van der Waals surface area contributed by atoms with Crippen molar-refractivity contribution in [3.63, 3.8) is 0 Å². The maximum Gasteiger partial charge on any atom is 0.222 e. The number of ether oxygens (including phenoxy) is 1. The smallest absolute Gasteiger partial charge is 0.222 e. The van der Waals surface area contributed by atoms with Crippen molar-refractivity contribution in [3.05, 3.63) is 47.8 Å². The van der Waals surface area contributed by atoms with Crippen molar-refractivity contribution in [2.75, 3.05) is 26.2 Å². The lowest BCUT2D eigenvalue weighted by Gasteiger charge is -2.16. The van der Waals surface area contributed by atoms with Crippen LogP contribution in [0.3, 0.4) is 0 Å². The van der Waals surface area contributed by atoms with E-state index in [1.807, 2.05) is 55.2 Å². The molecule has 2 atom stereocenters. The van der Waals surface area contributed by atoms with Crippen molar-refractivity contribution in [1.82, 2.24) is 14.7 Å². The first-order valence-electron chi connectivity index (χ1n) is 8.24. The molecule has 1 saturated heterocycles. The monoisotopic (exact) mass is 328 g/mol. The number of aromatic nitrogens is 2. The normalized spacial score (nSPS) is 21.1. The molecule has 0 saturated carbocycles. The fourth-order valence-corrected chi connectivity index (χ4v) is 3.36. The highest BCUT2D eigenvalue weighted by atomic mass is 16.5. The molecular weight excluding hydrogens is 304 g/mol. The molecule has 2 aromatic rings. The molecule has 0 spiro atoms. The number of para-hydroxylation sites is 1. The molecule has 3 rings (SSSR count). The lowest BCUT2D eigenvalue weighted by Crippen LogP contribution is -2.30. The van der Waals surface area contributed by atoms with Gasteiger partial charge in [-0.2, -0.15) is 5.10 Å². The number of amides is 1. The summed E-state index contributed by atoms with van der Waals surface area (Å²) in [7, 11) is 1.92. The van der Waals surface area contributed by atoms with Gasteiger partial charge < -0.3 is 10.5 Å². The average molecular weight is 328 g/mol. The topological polar surface area (TPSA) is 73.4 Å². The Kier molecular flexibility index (Phi) is 4.85. The summed E-state index contributed by atoms with van der Waals surface area (Å²) in [6.07, 6.45) is 1.86. The molecule has 6 heteroatoms. The highest BCUT2D eigenvalue weighted by Crippen LogP contribution is 2.33. The number of hydrogen-bond acceptors (Lipinski definition) is 4. The number of carbonyl (C=O) groups is 1. The number of carbonyl (C=O) groups excluding carboxylic acids is 1. The van der Waals surface area contributed by atoms with Gasteiger partial charge in [-0.1, -0.05) is 18.2 Å². The Morgan fingerprint density at radius 1 is 1.33 bits per heavy atom. The fourth-order valence-electron chi connectivity index (χ4n) is 3.36. The number of likely N-dealkylation sites (tertiary alicyclic amines) is 1. The zero-order valence-electron chi connectivity index (χ0n) is 14.2. The second-order valence-electron chi connectivity index (χ2n) is 6.35. The summed E-state index contributed by atoms with van der Waals surface area (Å²) in [4.78, 5) is 14.1. The van der Waals surface area contributed by atoms with Crippen LogP contribution in [0.5, 0.6) is 5.75 Å². The number of nitrogens with two attached hydrogens (primary N) is 1. The molecule has 0 unspecified atom stereocenters. The third-order valence-corrected chi connectivity index (χ3v) is 4.85. The summed E-state index contributed by atoms with van der Waals surface area (Å²) in [6, 6.07) is 9.76. The summed E-state index contributed by atoms with van der Waals surface area (Å²) in [6.45, 7) is 4.87. The molecule has 1 aromatic carbocycles. The van der Waals surface area contributed by atoms with Crippen LogP contribution in [0.25, 0.3) is 0 Å². The molecule has 0 radical (unpaired) electrons. The van der Waals surface area contributed by atoms with E-state index in [2.05, 4.69) is 10.00 Å². The second kappa shape index (κ2) is 7.05. The second-order valence-corrected chi connectivity index (χ2v) is 6.35. The van der Waals surface area contributed by atoms with E-state index < -0.39 is 0 Å². The Labute approximate surface area is 142 Å². The van der Waals surface area contributed by atoms with Gasteiger partial charge in [0, 0.05) is 38.3 Å². The van der Waals surface area contributed by atoms with E-state index in [4.69, 9.17) is 10.5 Å². The first-order valence-corrected chi connectivity index (χ1v) is 8.24. The Morgan fingerprint density at radius 2 is 2.08 bits per heavy atom. The predicted molar refractivity (Wildman–Crippen MR) is 91.7 cm³/mol. The standard InChI is InChI=1S/C18H24N4O2/c1-13-15(10-20-21(13)2)16-11-22(12-17(16)18(19)23)8-9-24-14-6-4-3-5-7-14/h3-7,10,16-17H,8-9,11-12H2,1-2H3,(H2,19,23)/t16-,17+/m1/s1. The zero-order valence-corrected chi connectivity index (χ0v) is 14.2. The van der Waals surface area contributed by atoms with Gasteiger partial charge in [-0.25, -0.2) is 0 Å². The summed E-state index contributed by atoms with van der Waals surface area (Å²) < 4.78 is 7.60. The quantitative estimate of drug-likeness (QED) is 0.868. The van der Waals surface area contributed by atoms with Gasteiger partial charge in [-0.15, -0.1) is 0 Å². The molecule has 2 N–H and O–H groups in total. The molecule has 24 heavy (non-hydrogen) atoms. The Bertz CT molecular complexity index is 698. The van der Waals surface area contributed by atoms with Crippen LogP contribution in [0.4, 0.5) is 0 Å². The third kappa shape index (κ3) is 3.43. The molecule has 6 nitrogen and oxygen atoms in total. The van der Waals surface area contributed by atoms with Crippen molar-refractivity contribution in [2.24, 2.45) is 18.7 Å². The molecule has 1 aliphatic heterocycles. The van der Waals surface area contributed by atoms with Crippen LogP contribution in [0.1, 0.15) is 17.2 Å². The van der Waals surface area contributed by atoms with Gasteiger partial charge in [0.15, 0.2) is 0 Å². The molecule has 128 valence electrons. The van der Waals surface area contributed by atoms with Crippen molar-refractivity contribution in [1.29, 1.82) is 0 Å². The van der Waals surface area contributed by atoms with E-state index in [-0.39, 0.29) is 17.7 Å². The van der Waals surface area contributed by atoms with Gasteiger partial charge in [-0.05, 0) is 24.6 Å². The maximum atomic E-state index is 11.9. The van der Waals surface area contributed by atoms with Crippen molar-refractivity contribution in [3.8, 4) is 5.75 Å². The van der Waals surface area contributed by atoms with Crippen LogP contribution < -0.4 is 10.5 Å². The summed E-state index contributed by atoms with van der Waals surface area (Å²) in [5, 5.41) is 4.30. The number of hydrogen-bond donors (Lipinski definition) is 1. The Balaban J connectivity index is 1.62. The SMILES string of the molecule is Cc1c([C@H]2CN(CCOc3ccccc3)C[C@@H]2C(N)=O)cnn1C. The minimum absolute atomic E-state index is 0.105. The van der Waals surface area contributed by atoms with E-state index in [9.17, 15) is 4.79 Å². The van der Waals surface area contributed by atoms with Crippen LogP contribution in [-0.4, -0.2) is 46.8 Å². The lowest BCUT2D eigenvalue weighted by atomic mass is 9.89. The number of nitrogens with zero attached hydrogens (tertiary/aromatic N) is 3. The van der Waals surface area contributed by atoms with E-state index in [1.165, 1.54) is 0 Å². The molecule has 1 amide bonds. The van der Waals surface area contributed by atoms with Crippen molar-refractivity contribution >= 4 is 5.91 Å². The number of aryl methyl sites for hydroxylation is 1. The number of rotatable bonds is 6. The van der Waals surface area contributed by atoms with Crippen LogP contribution in [0, 0.1) is 12.8 Å². The first-order chi connectivity index (χ1) is 11.6. The van der Waals surface area contributed by atoms with Crippen LogP contribution >= 0.6 is 0 Å². The lowest BCUT2D eigenvalue weighted by molar-refractivity contribution is -0.121. The summed E-state index contributed by atoms with van der Waals surface area (Å²) in [5.41, 5.74) is 7.85. The van der Waals surface area contributed by atoms with E-state index >= 15 is 0 Å². The summed E-state index contributed by atoms with van der Waals surface area (Å²) in [5.74, 6) is 0.551. The predicted octanol–water partition coefficient (Wildman–Crippen LogP) is 1.31. The fraction of sp³-hybridized carbons (Fsp3) is 0.444. The van der Waals surface area contributed by atoms with Crippen molar-refractivity contribution in [2.45, 2.75) is 12.8 Å². The van der Waals surface area contributed by atoms with Gasteiger partial charge in [0.2, 0.25) is 5.91 Å². The highest BCUT2D eigenvalue weighted by Gasteiger charge is 2.38. The van der Waals surface area contributed by atoms with Crippen LogP contribution in [-0.2, 0) is 11.8 Å². The number of benzene rings is 1. The average Bonchev–Trinajstić information content (AvgIpc) is 3.13. The Morgan fingerprint density at radius 3 is 2.71 bits per heavy atom. The largest absolute Gasteiger partial charge is 0.492 e.